The van der Waals surface area contributed by atoms with Crippen molar-refractivity contribution in [1.82, 2.24) is 19.2 Å². The van der Waals surface area contributed by atoms with E-state index in [1.165, 1.54) is 16.9 Å². The van der Waals surface area contributed by atoms with Gasteiger partial charge in [-0.25, -0.2) is 0 Å². The van der Waals surface area contributed by atoms with Crippen LogP contribution < -0.4 is 5.56 Å². The average Bonchev–Trinajstić information content (AvgIpc) is 2.95. The molecule has 0 amide bonds. The predicted molar refractivity (Wildman–Crippen MR) is 83.4 cm³/mol. The summed E-state index contributed by atoms with van der Waals surface area (Å²) in [7, 11) is 0. The van der Waals surface area contributed by atoms with Gasteiger partial charge >= 0.3 is 0 Å². The highest BCUT2D eigenvalue weighted by molar-refractivity contribution is 6.33. The highest BCUT2D eigenvalue weighted by Gasteiger charge is 2.16. The molecule has 0 radical (unpaired) electrons. The summed E-state index contributed by atoms with van der Waals surface area (Å²) in [4.78, 5) is 15.9. The molecule has 0 spiro atoms. The van der Waals surface area contributed by atoms with E-state index < -0.39 is 6.10 Å². The lowest BCUT2D eigenvalue weighted by Gasteiger charge is -2.17. The van der Waals surface area contributed by atoms with E-state index in [-0.39, 0.29) is 12.1 Å². The first kappa shape index (κ1) is 15.0. The highest BCUT2D eigenvalue weighted by Crippen LogP contribution is 2.27. The molecule has 1 atom stereocenters. The number of aliphatic hydroxyl groups is 1. The molecule has 22 heavy (non-hydrogen) atoms. The zero-order valence-corrected chi connectivity index (χ0v) is 13.1. The Labute approximate surface area is 135 Å². The number of aryl methyl sites for hydroxylation is 1. The third-order valence-corrected chi connectivity index (χ3v) is 3.99. The maximum atomic E-state index is 11.8. The Morgan fingerprint density at radius 1 is 1.32 bits per heavy atom. The largest absolute Gasteiger partial charge is 0.386 e. The van der Waals surface area contributed by atoms with Crippen molar-refractivity contribution in [3.05, 3.63) is 62.2 Å². The molecule has 0 aliphatic carbocycles. The van der Waals surface area contributed by atoms with E-state index in [0.29, 0.717) is 27.1 Å². The number of aromatic nitrogens is 4. The molecular formula is C14H12Cl2N4O2. The number of aliphatic hydroxyl groups excluding tert-OH is 1. The second-order valence-electron chi connectivity index (χ2n) is 4.89. The van der Waals surface area contributed by atoms with Crippen LogP contribution in [-0.2, 0) is 6.54 Å². The van der Waals surface area contributed by atoms with Crippen molar-refractivity contribution in [3.63, 3.8) is 0 Å². The summed E-state index contributed by atoms with van der Waals surface area (Å²) in [5.41, 5.74) is 0.921. The van der Waals surface area contributed by atoms with Gasteiger partial charge in [0, 0.05) is 27.4 Å². The molecule has 1 aromatic carbocycles. The second kappa shape index (κ2) is 5.72. The van der Waals surface area contributed by atoms with Gasteiger partial charge in [-0.1, -0.05) is 23.2 Å². The van der Waals surface area contributed by atoms with Crippen molar-refractivity contribution in [2.75, 3.05) is 0 Å². The summed E-state index contributed by atoms with van der Waals surface area (Å²) in [6.07, 6.45) is 0.402. The fourth-order valence-electron chi connectivity index (χ4n) is 2.32. The van der Waals surface area contributed by atoms with Gasteiger partial charge in [-0.2, -0.15) is 14.6 Å². The third kappa shape index (κ3) is 2.61. The average molecular weight is 339 g/mol. The molecule has 0 aliphatic heterocycles. The van der Waals surface area contributed by atoms with Crippen molar-refractivity contribution in [2.45, 2.75) is 19.6 Å². The number of nitrogens with zero attached hydrogens (tertiary/aromatic N) is 4. The van der Waals surface area contributed by atoms with Crippen molar-refractivity contribution < 1.29 is 5.11 Å². The molecule has 2 aromatic heterocycles. The van der Waals surface area contributed by atoms with Gasteiger partial charge in [-0.05, 0) is 25.1 Å². The molecule has 0 saturated heterocycles. The zero-order chi connectivity index (χ0) is 15.9. The van der Waals surface area contributed by atoms with E-state index in [1.807, 2.05) is 0 Å². The molecular weight excluding hydrogens is 327 g/mol. The van der Waals surface area contributed by atoms with Crippen LogP contribution in [0.25, 0.3) is 5.78 Å². The number of hydrogen-bond acceptors (Lipinski definition) is 4. The topological polar surface area (TPSA) is 72.4 Å². The molecule has 0 unspecified atom stereocenters. The molecule has 0 fully saturated rings. The molecule has 2 heterocycles. The number of halogens is 2. The van der Waals surface area contributed by atoms with Crippen LogP contribution in [0, 0.1) is 6.92 Å². The van der Waals surface area contributed by atoms with E-state index in [0.717, 1.165) is 0 Å². The smallest absolute Gasteiger partial charge is 0.275 e. The molecule has 114 valence electrons. The Kier molecular flexibility index (Phi) is 3.90. The standard InChI is InChI=1S/C14H12Cl2N4O2/c1-8-4-13(22)20-14(17-7-18-20)19(8)6-12(21)10-5-9(15)2-3-11(10)16/h2-5,7,12,21H,6H2,1H3/t12-/m1/s1. The first-order valence-electron chi connectivity index (χ1n) is 6.50. The minimum atomic E-state index is -0.895. The summed E-state index contributed by atoms with van der Waals surface area (Å²) in [6, 6.07) is 6.34. The lowest BCUT2D eigenvalue weighted by molar-refractivity contribution is 0.156. The van der Waals surface area contributed by atoms with Gasteiger partial charge in [0.05, 0.1) is 12.6 Å². The molecule has 3 aromatic rings. The van der Waals surface area contributed by atoms with Crippen LogP contribution in [-0.4, -0.2) is 24.3 Å². The summed E-state index contributed by atoms with van der Waals surface area (Å²) in [6.45, 7) is 1.94. The Morgan fingerprint density at radius 3 is 2.86 bits per heavy atom. The molecule has 1 N–H and O–H groups in total. The lowest BCUT2D eigenvalue weighted by Crippen LogP contribution is -2.22. The maximum absolute atomic E-state index is 11.8. The van der Waals surface area contributed by atoms with Crippen molar-refractivity contribution in [3.8, 4) is 0 Å². The maximum Gasteiger partial charge on any atom is 0.275 e. The fraction of sp³-hybridized carbons (Fsp3) is 0.214. The molecule has 0 aliphatic rings. The minimum absolute atomic E-state index is 0.175. The number of benzene rings is 1. The molecule has 0 bridgehead atoms. The monoisotopic (exact) mass is 338 g/mol. The van der Waals surface area contributed by atoms with Gasteiger partial charge < -0.3 is 9.67 Å². The normalized spacial score (nSPS) is 12.7. The van der Waals surface area contributed by atoms with E-state index in [9.17, 15) is 9.90 Å². The van der Waals surface area contributed by atoms with Gasteiger partial charge in [-0.15, -0.1) is 0 Å². The van der Waals surface area contributed by atoms with Crippen LogP contribution in [0.5, 0.6) is 0 Å². The van der Waals surface area contributed by atoms with Crippen LogP contribution in [0.1, 0.15) is 17.4 Å². The Morgan fingerprint density at radius 2 is 2.09 bits per heavy atom. The number of rotatable bonds is 3. The van der Waals surface area contributed by atoms with Crippen molar-refractivity contribution in [1.29, 1.82) is 0 Å². The molecule has 6 nitrogen and oxygen atoms in total. The van der Waals surface area contributed by atoms with Crippen LogP contribution in [0.4, 0.5) is 0 Å². The van der Waals surface area contributed by atoms with Gasteiger partial charge in [0.2, 0.25) is 5.78 Å². The molecule has 8 heteroatoms. The summed E-state index contributed by atoms with van der Waals surface area (Å²) < 4.78 is 2.88. The summed E-state index contributed by atoms with van der Waals surface area (Å²) >= 11 is 12.1. The van der Waals surface area contributed by atoms with E-state index in [4.69, 9.17) is 23.2 Å². The van der Waals surface area contributed by atoms with E-state index >= 15 is 0 Å². The Hall–Kier alpha value is -1.89. The number of hydrogen-bond donors (Lipinski definition) is 1. The first-order valence-corrected chi connectivity index (χ1v) is 7.26. The highest BCUT2D eigenvalue weighted by atomic mass is 35.5. The fourth-order valence-corrected chi connectivity index (χ4v) is 2.74. The SMILES string of the molecule is Cc1cc(=O)n2ncnc2n1C[C@@H](O)c1cc(Cl)ccc1Cl. The first-order chi connectivity index (χ1) is 10.5. The van der Waals surface area contributed by atoms with Crippen LogP contribution in [0.3, 0.4) is 0 Å². The molecule has 0 saturated carbocycles. The zero-order valence-electron chi connectivity index (χ0n) is 11.6. The lowest BCUT2D eigenvalue weighted by atomic mass is 10.1. The predicted octanol–water partition coefficient (Wildman–Crippen LogP) is 2.24. The van der Waals surface area contributed by atoms with Crippen LogP contribution in [0.2, 0.25) is 10.0 Å². The Bertz CT molecular complexity index is 903. The van der Waals surface area contributed by atoms with Crippen LogP contribution in [0.15, 0.2) is 35.4 Å². The van der Waals surface area contributed by atoms with Crippen LogP contribution >= 0.6 is 23.2 Å². The van der Waals surface area contributed by atoms with Gasteiger partial charge in [-0.3, -0.25) is 4.79 Å². The Balaban J connectivity index is 2.05. The van der Waals surface area contributed by atoms with Crippen molar-refractivity contribution in [2.24, 2.45) is 0 Å². The van der Waals surface area contributed by atoms with Gasteiger partial charge in [0.1, 0.15) is 6.33 Å². The molecule has 3 rings (SSSR count). The van der Waals surface area contributed by atoms with Gasteiger partial charge in [0.15, 0.2) is 0 Å². The second-order valence-corrected chi connectivity index (χ2v) is 5.73. The van der Waals surface area contributed by atoms with E-state index in [1.54, 1.807) is 29.7 Å². The minimum Gasteiger partial charge on any atom is -0.386 e. The summed E-state index contributed by atoms with van der Waals surface area (Å²) in [5, 5.41) is 15.3. The quantitative estimate of drug-likeness (QED) is 0.794. The van der Waals surface area contributed by atoms with Crippen molar-refractivity contribution >= 4 is 29.0 Å². The summed E-state index contributed by atoms with van der Waals surface area (Å²) in [5.74, 6) is 0.363. The number of fused-ring (bicyclic) bond motifs is 1. The van der Waals surface area contributed by atoms with Gasteiger partial charge in [0.25, 0.3) is 5.56 Å². The van der Waals surface area contributed by atoms with E-state index in [2.05, 4.69) is 10.1 Å². The third-order valence-electron chi connectivity index (χ3n) is 3.41.